The Hall–Kier alpha value is -5.37. The van der Waals surface area contributed by atoms with Crippen molar-refractivity contribution in [3.63, 3.8) is 0 Å². The number of aromatic carboxylic acids is 1. The van der Waals surface area contributed by atoms with E-state index in [1.165, 1.54) is 60.7 Å². The van der Waals surface area contributed by atoms with Gasteiger partial charge in [-0.25, -0.2) is 18.4 Å². The van der Waals surface area contributed by atoms with E-state index in [4.69, 9.17) is 25.7 Å². The summed E-state index contributed by atoms with van der Waals surface area (Å²) < 4.78 is 54.9. The second kappa shape index (κ2) is 11.9. The maximum atomic E-state index is 15.6. The number of hydrogen-bond acceptors (Lipinski definition) is 9. The van der Waals surface area contributed by atoms with Crippen LogP contribution in [0.5, 0.6) is 28.9 Å². The van der Waals surface area contributed by atoms with Gasteiger partial charge in [-0.3, -0.25) is 10.4 Å². The second-order valence-corrected chi connectivity index (χ2v) is 10.7. The number of phenolic OH excluding ortho intramolecular Hbond substituents is 1. The monoisotopic (exact) mass is 607 g/mol. The number of aromatic hydroxyl groups is 1. The zero-order chi connectivity index (χ0) is 30.8. The number of ether oxygens (including phenoxy) is 2. The van der Waals surface area contributed by atoms with Crippen LogP contribution < -0.4 is 15.2 Å². The summed E-state index contributed by atoms with van der Waals surface area (Å²) in [5.41, 5.74) is 6.01. The number of phenols is 1. The van der Waals surface area contributed by atoms with E-state index in [0.717, 1.165) is 0 Å². The van der Waals surface area contributed by atoms with Gasteiger partial charge in [0.1, 0.15) is 17.4 Å². The summed E-state index contributed by atoms with van der Waals surface area (Å²) in [6, 6.07) is 13.7. The molecule has 0 radical (unpaired) electrons. The molecule has 3 aromatic carbocycles. The topological polar surface area (TPSA) is 171 Å². The van der Waals surface area contributed by atoms with Crippen molar-refractivity contribution in [2.24, 2.45) is 10.7 Å². The lowest BCUT2D eigenvalue weighted by Gasteiger charge is -2.19. The molecule has 0 saturated carbocycles. The van der Waals surface area contributed by atoms with E-state index >= 15 is 4.39 Å². The third-order valence-electron chi connectivity index (χ3n) is 6.37. The van der Waals surface area contributed by atoms with Crippen LogP contribution in [0.2, 0.25) is 0 Å². The number of carboxylic acids is 1. The van der Waals surface area contributed by atoms with E-state index in [1.54, 1.807) is 11.9 Å². The number of carboxylic acid groups (broad SMARTS) is 1. The second-order valence-electron chi connectivity index (χ2n) is 9.24. The quantitative estimate of drug-likeness (QED) is 0.158. The number of amidine groups is 2. The van der Waals surface area contributed by atoms with Gasteiger partial charge in [-0.15, -0.1) is 0 Å². The van der Waals surface area contributed by atoms with Gasteiger partial charge in [0.15, 0.2) is 17.3 Å². The SMILES string of the molecule is CN1CCN=C1c1cc(S(=O)c2ccc(C(=O)O)cc2)ccc1Oc1c(F)cnc(Oc2cc(C(=N)N)ccc2O)c1F. The molecule has 1 atom stereocenters. The third-order valence-corrected chi connectivity index (χ3v) is 7.75. The summed E-state index contributed by atoms with van der Waals surface area (Å²) in [6.45, 7) is 1.02. The Morgan fingerprint density at radius 1 is 1.02 bits per heavy atom. The fourth-order valence-corrected chi connectivity index (χ4v) is 5.22. The van der Waals surface area contributed by atoms with E-state index in [9.17, 15) is 18.5 Å². The molecular formula is C29H23F2N5O6S. The molecule has 1 aliphatic heterocycles. The first-order chi connectivity index (χ1) is 20.5. The molecule has 0 spiro atoms. The molecule has 1 aromatic heterocycles. The zero-order valence-electron chi connectivity index (χ0n) is 22.4. The van der Waals surface area contributed by atoms with Gasteiger partial charge in [0.2, 0.25) is 11.6 Å². The van der Waals surface area contributed by atoms with Crippen LogP contribution in [-0.2, 0) is 10.8 Å². The van der Waals surface area contributed by atoms with Crippen LogP contribution in [-0.4, -0.2) is 62.1 Å². The number of nitrogens with one attached hydrogen (secondary N) is 1. The van der Waals surface area contributed by atoms with Gasteiger partial charge in [0.05, 0.1) is 34.7 Å². The lowest BCUT2D eigenvalue weighted by atomic mass is 10.1. The molecule has 1 unspecified atom stereocenters. The predicted octanol–water partition coefficient (Wildman–Crippen LogP) is 4.49. The van der Waals surface area contributed by atoms with Crippen LogP contribution in [0.3, 0.4) is 0 Å². The number of nitrogen functional groups attached to an aromatic ring is 1. The molecule has 0 saturated heterocycles. The lowest BCUT2D eigenvalue weighted by Crippen LogP contribution is -2.24. The fraction of sp³-hybridized carbons (Fsp3) is 0.103. The summed E-state index contributed by atoms with van der Waals surface area (Å²) in [4.78, 5) is 21.7. The van der Waals surface area contributed by atoms with Gasteiger partial charge in [-0.2, -0.15) is 4.39 Å². The van der Waals surface area contributed by atoms with Crippen molar-refractivity contribution in [2.45, 2.75) is 9.79 Å². The highest BCUT2D eigenvalue weighted by molar-refractivity contribution is 7.85. The highest BCUT2D eigenvalue weighted by Gasteiger charge is 2.25. The van der Waals surface area contributed by atoms with Crippen LogP contribution in [0.4, 0.5) is 8.78 Å². The van der Waals surface area contributed by atoms with E-state index in [-0.39, 0.29) is 28.5 Å². The van der Waals surface area contributed by atoms with E-state index in [1.807, 2.05) is 0 Å². The zero-order valence-corrected chi connectivity index (χ0v) is 23.2. The van der Waals surface area contributed by atoms with Gasteiger partial charge < -0.3 is 30.3 Å². The van der Waals surface area contributed by atoms with Crippen molar-refractivity contribution >= 4 is 28.4 Å². The summed E-state index contributed by atoms with van der Waals surface area (Å²) in [6.07, 6.45) is 0.683. The van der Waals surface area contributed by atoms with Crippen LogP contribution in [0.1, 0.15) is 21.5 Å². The van der Waals surface area contributed by atoms with E-state index in [0.29, 0.717) is 40.5 Å². The molecule has 0 aliphatic carbocycles. The van der Waals surface area contributed by atoms with Crippen molar-refractivity contribution in [2.75, 3.05) is 20.1 Å². The van der Waals surface area contributed by atoms with Gasteiger partial charge in [0.25, 0.3) is 5.88 Å². The molecule has 5 N–H and O–H groups in total. The molecule has 0 fully saturated rings. The first kappa shape index (κ1) is 29.1. The number of nitrogens with zero attached hydrogens (tertiary/aromatic N) is 3. The summed E-state index contributed by atoms with van der Waals surface area (Å²) in [5, 5.41) is 26.8. The molecule has 11 nitrogen and oxygen atoms in total. The van der Waals surface area contributed by atoms with Crippen molar-refractivity contribution in [3.8, 4) is 28.9 Å². The maximum Gasteiger partial charge on any atom is 0.335 e. The van der Waals surface area contributed by atoms with Crippen LogP contribution in [0.25, 0.3) is 0 Å². The summed E-state index contributed by atoms with van der Waals surface area (Å²) in [7, 11) is 0.0336. The minimum absolute atomic E-state index is 0.00847. The molecule has 0 amide bonds. The van der Waals surface area contributed by atoms with Gasteiger partial charge >= 0.3 is 5.97 Å². The standard InChI is InChI=1S/C29H23F2N5O6S/c1-36-11-10-34-27(36)19-13-18(43(40)17-5-2-15(3-6-17)29(38)39)7-9-22(19)41-25-20(30)14-35-28(24(25)31)42-23-12-16(26(32)33)4-8-21(23)37/h2-9,12-14,37H,10-11H2,1H3,(H3,32,33)(H,38,39). The van der Waals surface area contributed by atoms with Gasteiger partial charge in [0, 0.05) is 28.9 Å². The highest BCUT2D eigenvalue weighted by atomic mass is 32.2. The van der Waals surface area contributed by atoms with Crippen LogP contribution in [0.15, 0.2) is 81.6 Å². The Morgan fingerprint density at radius 3 is 2.37 bits per heavy atom. The fourth-order valence-electron chi connectivity index (χ4n) is 4.14. The van der Waals surface area contributed by atoms with Crippen molar-refractivity contribution in [3.05, 3.63) is 95.2 Å². The van der Waals surface area contributed by atoms with Gasteiger partial charge in [-0.05, 0) is 60.7 Å². The number of benzene rings is 3. The molecule has 220 valence electrons. The minimum atomic E-state index is -1.74. The van der Waals surface area contributed by atoms with Crippen molar-refractivity contribution < 1.29 is 37.5 Å². The third kappa shape index (κ3) is 5.99. The Bertz CT molecular complexity index is 1820. The smallest absolute Gasteiger partial charge is 0.335 e. The first-order valence-electron chi connectivity index (χ1n) is 12.6. The number of halogens is 2. The molecule has 5 rings (SSSR count). The Kier molecular flexibility index (Phi) is 8.03. The predicted molar refractivity (Wildman–Crippen MR) is 152 cm³/mol. The number of aromatic nitrogens is 1. The average Bonchev–Trinajstić information content (AvgIpc) is 3.42. The summed E-state index contributed by atoms with van der Waals surface area (Å²) >= 11 is 0. The van der Waals surface area contributed by atoms with Gasteiger partial charge in [-0.1, -0.05) is 0 Å². The number of aliphatic imine (C=N–C) groups is 1. The van der Waals surface area contributed by atoms with E-state index < -0.39 is 45.8 Å². The Labute approximate surface area is 245 Å². The average molecular weight is 608 g/mol. The summed E-state index contributed by atoms with van der Waals surface area (Å²) in [5.74, 6) is -5.72. The number of nitrogens with two attached hydrogens (primary N) is 1. The largest absolute Gasteiger partial charge is 0.504 e. The molecule has 14 heteroatoms. The van der Waals surface area contributed by atoms with Crippen LogP contribution in [0, 0.1) is 17.0 Å². The molecular weight excluding hydrogens is 584 g/mol. The number of likely N-dealkylation sites (N-methyl/N-ethyl adjacent to an activating group) is 1. The number of hydrogen-bond donors (Lipinski definition) is 4. The maximum absolute atomic E-state index is 15.6. The highest BCUT2D eigenvalue weighted by Crippen LogP contribution is 2.38. The molecule has 2 heterocycles. The number of pyridine rings is 1. The van der Waals surface area contributed by atoms with Crippen LogP contribution >= 0.6 is 0 Å². The Balaban J connectivity index is 1.51. The van der Waals surface area contributed by atoms with Crippen molar-refractivity contribution in [1.29, 1.82) is 5.41 Å². The Morgan fingerprint density at radius 2 is 1.72 bits per heavy atom. The van der Waals surface area contributed by atoms with E-state index in [2.05, 4.69) is 9.98 Å². The lowest BCUT2D eigenvalue weighted by molar-refractivity contribution is 0.0696. The molecule has 0 bridgehead atoms. The molecule has 43 heavy (non-hydrogen) atoms. The van der Waals surface area contributed by atoms with Crippen molar-refractivity contribution in [1.82, 2.24) is 9.88 Å². The number of carbonyl (C=O) groups is 1. The molecule has 1 aliphatic rings. The minimum Gasteiger partial charge on any atom is -0.504 e. The molecule has 4 aromatic rings. The first-order valence-corrected chi connectivity index (χ1v) is 13.7. The normalized spacial score (nSPS) is 13.4. The number of rotatable bonds is 9.